The van der Waals surface area contributed by atoms with Gasteiger partial charge in [-0.05, 0) is 60.5 Å². The Balaban J connectivity index is 1.53. The topological polar surface area (TPSA) is 38.7 Å². The molecule has 0 saturated heterocycles. The van der Waals surface area contributed by atoms with Gasteiger partial charge in [0.2, 0.25) is 0 Å². The molecule has 0 aliphatic carbocycles. The number of benzene rings is 3. The molecule has 6 heteroatoms. The summed E-state index contributed by atoms with van der Waals surface area (Å²) in [6.07, 6.45) is 2.26. The van der Waals surface area contributed by atoms with Crippen LogP contribution < -0.4 is 0 Å². The lowest BCUT2D eigenvalue weighted by Crippen LogP contribution is -1.99. The van der Waals surface area contributed by atoms with E-state index in [2.05, 4.69) is 65.8 Å². The van der Waals surface area contributed by atoms with Gasteiger partial charge in [-0.25, -0.2) is 4.79 Å². The molecule has 0 N–H and O–H groups in total. The summed E-state index contributed by atoms with van der Waals surface area (Å²) in [5.74, 6) is -0.418. The molecule has 3 aromatic carbocycles. The van der Waals surface area contributed by atoms with Gasteiger partial charge in [0.25, 0.3) is 0 Å². The van der Waals surface area contributed by atoms with E-state index in [9.17, 15) is 4.79 Å². The molecule has 0 spiro atoms. The van der Waals surface area contributed by atoms with Crippen molar-refractivity contribution in [2.24, 2.45) is 5.16 Å². The summed E-state index contributed by atoms with van der Waals surface area (Å²) in [6.45, 7) is 3.20. The number of rotatable bonds is 3. The van der Waals surface area contributed by atoms with Crippen molar-refractivity contribution in [3.63, 3.8) is 0 Å². The second-order valence-electron chi connectivity index (χ2n) is 6.94. The molecule has 0 saturated carbocycles. The standard InChI is InChI=1S/C24H17NO2S3/c1-14(25-27-15(2)26)17-8-10-21-19(13-17)18-11-16(7-9-20(18)28-21)12-24-29-22-5-3-4-6-23(22)30-24/h3-13H,1-2H3/b25-14+. The molecule has 0 amide bonds. The van der Waals surface area contributed by atoms with Crippen LogP contribution in [-0.4, -0.2) is 11.7 Å². The van der Waals surface area contributed by atoms with Gasteiger partial charge in [-0.15, -0.1) is 11.3 Å². The van der Waals surface area contributed by atoms with Gasteiger partial charge in [0.15, 0.2) is 0 Å². The van der Waals surface area contributed by atoms with Gasteiger partial charge < -0.3 is 4.84 Å². The molecule has 1 aromatic heterocycles. The molecule has 148 valence electrons. The molecule has 1 aliphatic heterocycles. The number of thioether (sulfide) groups is 2. The molecule has 1 aliphatic rings. The zero-order valence-corrected chi connectivity index (χ0v) is 18.8. The molecule has 0 fully saturated rings. The second kappa shape index (κ2) is 7.95. The van der Waals surface area contributed by atoms with E-state index in [1.807, 2.05) is 36.5 Å². The van der Waals surface area contributed by atoms with E-state index in [1.165, 1.54) is 46.7 Å². The average Bonchev–Trinajstić information content (AvgIpc) is 3.31. The van der Waals surface area contributed by atoms with Gasteiger partial charge in [0, 0.05) is 36.9 Å². The van der Waals surface area contributed by atoms with Crippen molar-refractivity contribution >= 4 is 72.8 Å². The Kier molecular flexibility index (Phi) is 5.15. The first kappa shape index (κ1) is 19.4. The number of carbonyl (C=O) groups excluding carboxylic acids is 1. The normalized spacial score (nSPS) is 13.7. The molecule has 0 bridgehead atoms. The average molecular weight is 448 g/mol. The van der Waals surface area contributed by atoms with E-state index in [0.717, 1.165) is 5.56 Å². The van der Waals surface area contributed by atoms with Gasteiger partial charge in [-0.2, -0.15) is 0 Å². The Hall–Kier alpha value is -2.54. The Morgan fingerprint density at radius 1 is 0.900 bits per heavy atom. The van der Waals surface area contributed by atoms with E-state index < -0.39 is 5.97 Å². The first-order chi connectivity index (χ1) is 14.6. The Labute approximate surface area is 186 Å². The molecule has 30 heavy (non-hydrogen) atoms. The first-order valence-electron chi connectivity index (χ1n) is 9.42. The lowest BCUT2D eigenvalue weighted by Gasteiger charge is -2.02. The molecular weight excluding hydrogens is 430 g/mol. The van der Waals surface area contributed by atoms with Crippen molar-refractivity contribution in [3.8, 4) is 0 Å². The van der Waals surface area contributed by atoms with Crippen molar-refractivity contribution in [3.05, 3.63) is 76.0 Å². The fourth-order valence-corrected chi connectivity index (χ4v) is 6.82. The third-order valence-corrected chi connectivity index (χ3v) is 8.35. The van der Waals surface area contributed by atoms with Crippen molar-refractivity contribution in [1.29, 1.82) is 0 Å². The molecule has 0 radical (unpaired) electrons. The highest BCUT2D eigenvalue weighted by molar-refractivity contribution is 8.24. The summed E-state index contributed by atoms with van der Waals surface area (Å²) < 4.78 is 3.78. The predicted molar refractivity (Wildman–Crippen MR) is 129 cm³/mol. The fraction of sp³-hybridized carbons (Fsp3) is 0.0833. The largest absolute Gasteiger partial charge is 0.331 e. The molecule has 0 atom stereocenters. The Morgan fingerprint density at radius 2 is 1.57 bits per heavy atom. The van der Waals surface area contributed by atoms with Gasteiger partial charge >= 0.3 is 5.97 Å². The van der Waals surface area contributed by atoms with Crippen molar-refractivity contribution in [2.45, 2.75) is 23.6 Å². The van der Waals surface area contributed by atoms with Crippen LogP contribution in [0.3, 0.4) is 0 Å². The monoisotopic (exact) mass is 447 g/mol. The molecule has 0 unspecified atom stereocenters. The minimum Gasteiger partial charge on any atom is -0.318 e. The van der Waals surface area contributed by atoms with E-state index in [4.69, 9.17) is 4.84 Å². The van der Waals surface area contributed by atoms with Crippen LogP contribution in [0.15, 0.2) is 79.8 Å². The maximum Gasteiger partial charge on any atom is 0.331 e. The summed E-state index contributed by atoms with van der Waals surface area (Å²) in [6, 6.07) is 21.4. The molecule has 3 nitrogen and oxygen atoms in total. The van der Waals surface area contributed by atoms with Crippen LogP contribution in [0.1, 0.15) is 25.0 Å². The molecular formula is C24H17NO2S3. The molecule has 4 aromatic rings. The number of carbonyl (C=O) groups is 1. The maximum absolute atomic E-state index is 11.0. The smallest absolute Gasteiger partial charge is 0.318 e. The van der Waals surface area contributed by atoms with Gasteiger partial charge in [-0.1, -0.05) is 52.9 Å². The van der Waals surface area contributed by atoms with Crippen LogP contribution in [0.25, 0.3) is 26.2 Å². The summed E-state index contributed by atoms with van der Waals surface area (Å²) in [4.78, 5) is 18.5. The van der Waals surface area contributed by atoms with Crippen molar-refractivity contribution in [2.75, 3.05) is 0 Å². The summed E-state index contributed by atoms with van der Waals surface area (Å²) >= 11 is 5.44. The third kappa shape index (κ3) is 3.78. The minimum absolute atomic E-state index is 0.418. The van der Waals surface area contributed by atoms with E-state index in [0.29, 0.717) is 5.71 Å². The quantitative estimate of drug-likeness (QED) is 0.185. The fourth-order valence-electron chi connectivity index (χ4n) is 3.35. The zero-order valence-electron chi connectivity index (χ0n) is 16.3. The van der Waals surface area contributed by atoms with Gasteiger partial charge in [0.1, 0.15) is 0 Å². The number of thiophene rings is 1. The highest BCUT2D eigenvalue weighted by Gasteiger charge is 2.16. The highest BCUT2D eigenvalue weighted by Crippen LogP contribution is 2.51. The SMILES string of the molecule is CC(=O)O/N=C(\C)c1ccc2sc3ccc(C=C4Sc5ccccc5S4)cc3c2c1. The van der Waals surface area contributed by atoms with Crippen LogP contribution in [0.5, 0.6) is 0 Å². The predicted octanol–water partition coefficient (Wildman–Crippen LogP) is 7.54. The Morgan fingerprint density at radius 3 is 2.27 bits per heavy atom. The van der Waals surface area contributed by atoms with Crippen LogP contribution in [0.4, 0.5) is 0 Å². The minimum atomic E-state index is -0.418. The van der Waals surface area contributed by atoms with Crippen LogP contribution in [-0.2, 0) is 9.63 Å². The first-order valence-corrected chi connectivity index (χ1v) is 11.9. The lowest BCUT2D eigenvalue weighted by molar-refractivity contribution is -0.140. The third-order valence-electron chi connectivity index (χ3n) is 4.78. The summed E-state index contributed by atoms with van der Waals surface area (Å²) in [5, 5.41) is 6.35. The number of hydrogen-bond acceptors (Lipinski definition) is 6. The van der Waals surface area contributed by atoms with E-state index in [1.54, 1.807) is 11.3 Å². The Bertz CT molecular complexity index is 1340. The van der Waals surface area contributed by atoms with Crippen LogP contribution >= 0.6 is 34.9 Å². The number of hydrogen-bond donors (Lipinski definition) is 0. The number of fused-ring (bicyclic) bond motifs is 4. The maximum atomic E-state index is 11.0. The van der Waals surface area contributed by atoms with Gasteiger partial charge in [0.05, 0.1) is 9.95 Å². The number of oxime groups is 1. The van der Waals surface area contributed by atoms with Gasteiger partial charge in [-0.3, -0.25) is 0 Å². The molecule has 5 rings (SSSR count). The summed E-state index contributed by atoms with van der Waals surface area (Å²) in [5.41, 5.74) is 2.83. The van der Waals surface area contributed by atoms with E-state index >= 15 is 0 Å². The lowest BCUT2D eigenvalue weighted by atomic mass is 10.1. The van der Waals surface area contributed by atoms with Crippen LogP contribution in [0.2, 0.25) is 0 Å². The highest BCUT2D eigenvalue weighted by atomic mass is 32.2. The second-order valence-corrected chi connectivity index (χ2v) is 10.5. The molecule has 2 heterocycles. The number of nitrogens with zero attached hydrogens (tertiary/aromatic N) is 1. The van der Waals surface area contributed by atoms with Crippen LogP contribution in [0, 0.1) is 0 Å². The van der Waals surface area contributed by atoms with E-state index in [-0.39, 0.29) is 0 Å². The van der Waals surface area contributed by atoms with Crippen molar-refractivity contribution in [1.82, 2.24) is 0 Å². The van der Waals surface area contributed by atoms with Crippen molar-refractivity contribution < 1.29 is 9.63 Å². The summed E-state index contributed by atoms with van der Waals surface area (Å²) in [7, 11) is 0. The zero-order chi connectivity index (χ0) is 20.7.